The third kappa shape index (κ3) is 2.54. The highest BCUT2D eigenvalue weighted by Crippen LogP contribution is 2.41. The van der Waals surface area contributed by atoms with E-state index < -0.39 is 0 Å². The van der Waals surface area contributed by atoms with E-state index in [1.807, 2.05) is 18.2 Å². The molecule has 5 rings (SSSR count). The van der Waals surface area contributed by atoms with Crippen LogP contribution in [0.25, 0.3) is 10.9 Å². The summed E-state index contributed by atoms with van der Waals surface area (Å²) < 4.78 is 2.31. The highest BCUT2D eigenvalue weighted by atomic mass is 32.1. The van der Waals surface area contributed by atoms with Gasteiger partial charge in [-0.1, -0.05) is 36.4 Å². The minimum atomic E-state index is 0.0829. The summed E-state index contributed by atoms with van der Waals surface area (Å²) in [6, 6.07) is 18.8. The van der Waals surface area contributed by atoms with Gasteiger partial charge in [0.2, 0.25) is 5.91 Å². The smallest absolute Gasteiger partial charge is 0.225 e. The number of carbonyl (C=O) groups excluding carboxylic acids is 1. The van der Waals surface area contributed by atoms with Gasteiger partial charge in [-0.3, -0.25) is 4.79 Å². The fraction of sp³-hybridized carbons (Fsp3) is 0.136. The van der Waals surface area contributed by atoms with Gasteiger partial charge in [-0.05, 0) is 45.6 Å². The summed E-state index contributed by atoms with van der Waals surface area (Å²) in [5.41, 5.74) is 5.83. The number of anilines is 1. The topological polar surface area (TPSA) is 34.0 Å². The summed E-state index contributed by atoms with van der Waals surface area (Å²) >= 11 is 1.68. The minimum absolute atomic E-state index is 0.0829. The Balaban J connectivity index is 1.71. The van der Waals surface area contributed by atoms with Crippen molar-refractivity contribution in [1.82, 2.24) is 4.57 Å². The molecular formula is C22H18N2OS. The molecule has 0 spiro atoms. The van der Waals surface area contributed by atoms with Gasteiger partial charge in [0.15, 0.2) is 0 Å². The molecule has 1 amide bonds. The molecule has 1 N–H and O–H groups in total. The first-order valence-electron chi connectivity index (χ1n) is 8.77. The van der Waals surface area contributed by atoms with Crippen molar-refractivity contribution in [3.8, 4) is 0 Å². The molecule has 0 saturated heterocycles. The van der Waals surface area contributed by atoms with Crippen LogP contribution in [0.15, 0.2) is 71.6 Å². The maximum absolute atomic E-state index is 12.5. The van der Waals surface area contributed by atoms with Crippen LogP contribution in [0.4, 0.5) is 5.69 Å². The van der Waals surface area contributed by atoms with Crippen LogP contribution in [0.1, 0.15) is 29.0 Å². The van der Waals surface area contributed by atoms with E-state index in [0.717, 1.165) is 12.2 Å². The Morgan fingerprint density at radius 1 is 1.08 bits per heavy atom. The van der Waals surface area contributed by atoms with Crippen molar-refractivity contribution in [2.45, 2.75) is 18.9 Å². The molecular weight excluding hydrogens is 340 g/mol. The first-order chi connectivity index (χ1) is 12.8. The predicted molar refractivity (Wildman–Crippen MR) is 107 cm³/mol. The molecule has 0 bridgehead atoms. The average molecular weight is 358 g/mol. The molecule has 1 aliphatic rings. The molecule has 4 aromatic rings. The molecule has 1 atom stereocenters. The van der Waals surface area contributed by atoms with Gasteiger partial charge in [-0.25, -0.2) is 0 Å². The molecule has 0 unspecified atom stereocenters. The van der Waals surface area contributed by atoms with E-state index in [0.29, 0.717) is 6.42 Å². The van der Waals surface area contributed by atoms with E-state index in [4.69, 9.17) is 0 Å². The Bertz CT molecular complexity index is 1080. The van der Waals surface area contributed by atoms with E-state index in [-0.39, 0.29) is 11.8 Å². The zero-order valence-corrected chi connectivity index (χ0v) is 15.0. The second-order valence-electron chi connectivity index (χ2n) is 6.76. The number of amides is 1. The summed E-state index contributed by atoms with van der Waals surface area (Å²) in [5.74, 6) is 0.184. The van der Waals surface area contributed by atoms with Gasteiger partial charge < -0.3 is 9.88 Å². The average Bonchev–Trinajstić information content (AvgIpc) is 3.27. The van der Waals surface area contributed by atoms with Gasteiger partial charge >= 0.3 is 0 Å². The summed E-state index contributed by atoms with van der Waals surface area (Å²) in [4.78, 5) is 12.5. The minimum Gasteiger partial charge on any atom is -0.343 e. The summed E-state index contributed by atoms with van der Waals surface area (Å²) in [6.07, 6.45) is 2.72. The summed E-state index contributed by atoms with van der Waals surface area (Å²) in [7, 11) is 0. The summed E-state index contributed by atoms with van der Waals surface area (Å²) in [5, 5.41) is 8.52. The van der Waals surface area contributed by atoms with E-state index in [1.54, 1.807) is 11.3 Å². The lowest BCUT2D eigenvalue weighted by Gasteiger charge is -2.12. The predicted octanol–water partition coefficient (Wildman–Crippen LogP) is 5.23. The zero-order chi connectivity index (χ0) is 17.5. The molecule has 3 heterocycles. The molecule has 26 heavy (non-hydrogen) atoms. The van der Waals surface area contributed by atoms with E-state index >= 15 is 0 Å². The lowest BCUT2D eigenvalue weighted by atomic mass is 9.90. The van der Waals surface area contributed by atoms with Crippen molar-refractivity contribution < 1.29 is 4.79 Å². The second kappa shape index (κ2) is 6.15. The van der Waals surface area contributed by atoms with Crippen molar-refractivity contribution in [2.75, 3.05) is 5.32 Å². The van der Waals surface area contributed by atoms with Crippen LogP contribution in [-0.2, 0) is 11.3 Å². The molecule has 3 nitrogen and oxygen atoms in total. The third-order valence-electron chi connectivity index (χ3n) is 5.12. The van der Waals surface area contributed by atoms with Crippen LogP contribution in [0, 0.1) is 0 Å². The first kappa shape index (κ1) is 15.4. The second-order valence-corrected chi connectivity index (χ2v) is 7.54. The van der Waals surface area contributed by atoms with Gasteiger partial charge in [0.1, 0.15) is 0 Å². The number of benzene rings is 2. The van der Waals surface area contributed by atoms with E-state index in [2.05, 4.69) is 63.2 Å². The van der Waals surface area contributed by atoms with Gasteiger partial charge in [0.05, 0.1) is 11.2 Å². The number of aromatic nitrogens is 1. The molecule has 0 saturated carbocycles. The van der Waals surface area contributed by atoms with Gasteiger partial charge in [0.25, 0.3) is 0 Å². The number of rotatable bonds is 3. The highest BCUT2D eigenvalue weighted by molar-refractivity contribution is 7.08. The van der Waals surface area contributed by atoms with Crippen LogP contribution >= 0.6 is 11.3 Å². The maximum Gasteiger partial charge on any atom is 0.225 e. The standard InChI is InChI=1S/C22H18N2OS/c25-21-11-17(16-9-10-26-14-16)18-13-24(12-15-5-2-1-3-6-15)20-8-4-7-19(23-21)22(18)20/h1-10,13-14,17H,11-12H2,(H,23,25)/t17-/m0/s1. The van der Waals surface area contributed by atoms with Gasteiger partial charge in [0, 0.05) is 30.5 Å². The fourth-order valence-electron chi connectivity index (χ4n) is 3.93. The van der Waals surface area contributed by atoms with Crippen LogP contribution in [-0.4, -0.2) is 10.5 Å². The summed E-state index contributed by atoms with van der Waals surface area (Å²) in [6.45, 7) is 0.825. The molecule has 2 aromatic heterocycles. The van der Waals surface area contributed by atoms with E-state index in [1.165, 1.54) is 27.6 Å². The third-order valence-corrected chi connectivity index (χ3v) is 5.82. The molecule has 0 fully saturated rings. The van der Waals surface area contributed by atoms with Crippen LogP contribution < -0.4 is 5.32 Å². The van der Waals surface area contributed by atoms with Crippen LogP contribution in [0.3, 0.4) is 0 Å². The first-order valence-corrected chi connectivity index (χ1v) is 9.71. The molecule has 4 heteroatoms. The Morgan fingerprint density at radius 3 is 2.77 bits per heavy atom. The lowest BCUT2D eigenvalue weighted by Crippen LogP contribution is -2.13. The molecule has 2 aromatic carbocycles. The fourth-order valence-corrected chi connectivity index (χ4v) is 4.65. The molecule has 1 aliphatic heterocycles. The van der Waals surface area contributed by atoms with Crippen molar-refractivity contribution in [3.05, 3.63) is 88.2 Å². The zero-order valence-electron chi connectivity index (χ0n) is 14.2. The molecule has 0 radical (unpaired) electrons. The number of thiophene rings is 1. The lowest BCUT2D eigenvalue weighted by molar-refractivity contribution is -0.116. The number of hydrogen-bond acceptors (Lipinski definition) is 2. The van der Waals surface area contributed by atoms with Crippen molar-refractivity contribution >= 4 is 33.8 Å². The van der Waals surface area contributed by atoms with Crippen molar-refractivity contribution in [1.29, 1.82) is 0 Å². The molecule has 128 valence electrons. The number of nitrogens with one attached hydrogen (secondary N) is 1. The number of carbonyl (C=O) groups is 1. The highest BCUT2D eigenvalue weighted by Gasteiger charge is 2.27. The molecule has 0 aliphatic carbocycles. The number of hydrogen-bond donors (Lipinski definition) is 1. The van der Waals surface area contributed by atoms with Gasteiger partial charge in [-0.15, -0.1) is 0 Å². The Kier molecular flexibility index (Phi) is 3.64. The SMILES string of the molecule is O=C1C[C@@H](c2ccsc2)c2cn(Cc3ccccc3)c3cccc(c23)N1. The Hall–Kier alpha value is -2.85. The normalized spacial score (nSPS) is 16.5. The quantitative estimate of drug-likeness (QED) is 0.535. The van der Waals surface area contributed by atoms with E-state index in [9.17, 15) is 4.79 Å². The van der Waals surface area contributed by atoms with Crippen molar-refractivity contribution in [2.24, 2.45) is 0 Å². The maximum atomic E-state index is 12.5. The number of nitrogens with zero attached hydrogens (tertiary/aromatic N) is 1. The monoisotopic (exact) mass is 358 g/mol. The van der Waals surface area contributed by atoms with Crippen molar-refractivity contribution in [3.63, 3.8) is 0 Å². The Labute approximate surface area is 155 Å². The Morgan fingerprint density at radius 2 is 1.96 bits per heavy atom. The largest absolute Gasteiger partial charge is 0.343 e. The van der Waals surface area contributed by atoms with Crippen LogP contribution in [0.5, 0.6) is 0 Å². The van der Waals surface area contributed by atoms with Crippen LogP contribution in [0.2, 0.25) is 0 Å². The van der Waals surface area contributed by atoms with Gasteiger partial charge in [-0.2, -0.15) is 11.3 Å².